The summed E-state index contributed by atoms with van der Waals surface area (Å²) in [5, 5.41) is 2.76. The average Bonchev–Trinajstić information content (AvgIpc) is 2.89. The molecule has 9 nitrogen and oxygen atoms in total. The molecule has 130 valence electrons. The number of fused-ring (bicyclic) bond motifs is 1. The summed E-state index contributed by atoms with van der Waals surface area (Å²) in [7, 11) is -0.728. The van der Waals surface area contributed by atoms with Gasteiger partial charge in [-0.2, -0.15) is 0 Å². The number of amides is 2. The summed E-state index contributed by atoms with van der Waals surface area (Å²) in [6.07, 6.45) is 1.05. The predicted molar refractivity (Wildman–Crippen MR) is 92.2 cm³/mol. The zero-order valence-electron chi connectivity index (χ0n) is 13.0. The van der Waals surface area contributed by atoms with Crippen LogP contribution in [-0.4, -0.2) is 40.6 Å². The predicted octanol–water partition coefficient (Wildman–Crippen LogP) is 0.554. The van der Waals surface area contributed by atoms with Gasteiger partial charge in [0.15, 0.2) is 0 Å². The van der Waals surface area contributed by atoms with Crippen molar-refractivity contribution in [2.75, 3.05) is 24.7 Å². The maximum absolute atomic E-state index is 12.1. The molecule has 2 rings (SSSR count). The molecular formula is C13H15BrN4O5S. The molecule has 0 bridgehead atoms. The molecule has 2 amide bonds. The number of halogens is 1. The first-order chi connectivity index (χ1) is 11.1. The van der Waals surface area contributed by atoms with Gasteiger partial charge in [0, 0.05) is 30.0 Å². The van der Waals surface area contributed by atoms with Crippen LogP contribution in [0, 0.1) is 0 Å². The molecule has 0 saturated carbocycles. The third-order valence-corrected chi connectivity index (χ3v) is 5.21. The van der Waals surface area contributed by atoms with Crippen molar-refractivity contribution in [2.45, 2.75) is 0 Å². The molecule has 1 aromatic carbocycles. The van der Waals surface area contributed by atoms with E-state index in [9.17, 15) is 18.0 Å². The lowest BCUT2D eigenvalue weighted by Crippen LogP contribution is -2.31. The molecule has 0 aliphatic heterocycles. The third kappa shape index (κ3) is 3.09. The minimum Gasteiger partial charge on any atom is -0.450 e. The summed E-state index contributed by atoms with van der Waals surface area (Å²) < 4.78 is 30.4. The number of nitrogens with one attached hydrogen (secondary N) is 2. The molecule has 2 aromatic rings. The highest BCUT2D eigenvalue weighted by Gasteiger charge is 2.27. The number of benzene rings is 1. The molecule has 1 heterocycles. The van der Waals surface area contributed by atoms with Crippen LogP contribution in [0.25, 0.3) is 11.0 Å². The van der Waals surface area contributed by atoms with E-state index in [1.165, 1.54) is 26.2 Å². The summed E-state index contributed by atoms with van der Waals surface area (Å²) >= 11 is 3.27. The van der Waals surface area contributed by atoms with Gasteiger partial charge in [0.2, 0.25) is 15.8 Å². The Morgan fingerprint density at radius 1 is 1.29 bits per heavy atom. The minimum atomic E-state index is -3.51. The molecule has 11 heteroatoms. The van der Waals surface area contributed by atoms with Gasteiger partial charge in [0.1, 0.15) is 5.58 Å². The zero-order valence-corrected chi connectivity index (χ0v) is 15.4. The summed E-state index contributed by atoms with van der Waals surface area (Å²) in [6.45, 7) is 0. The van der Waals surface area contributed by atoms with Gasteiger partial charge in [-0.05, 0) is 22.0 Å². The molecule has 24 heavy (non-hydrogen) atoms. The van der Waals surface area contributed by atoms with Crippen LogP contribution in [0.1, 0.15) is 20.9 Å². The second-order valence-electron chi connectivity index (χ2n) is 4.89. The molecule has 0 unspecified atom stereocenters. The Morgan fingerprint density at radius 2 is 1.92 bits per heavy atom. The van der Waals surface area contributed by atoms with Crippen molar-refractivity contribution < 1.29 is 22.4 Å². The Bertz CT molecular complexity index is 937. The molecular weight excluding hydrogens is 404 g/mol. The van der Waals surface area contributed by atoms with E-state index in [4.69, 9.17) is 10.3 Å². The molecule has 0 atom stereocenters. The van der Waals surface area contributed by atoms with E-state index < -0.39 is 21.8 Å². The highest BCUT2D eigenvalue weighted by atomic mass is 79.9. The first-order valence-corrected chi connectivity index (χ1v) is 9.19. The summed E-state index contributed by atoms with van der Waals surface area (Å²) in [5.41, 5.74) is 2.37. The van der Waals surface area contributed by atoms with Gasteiger partial charge in [-0.15, -0.1) is 0 Å². The molecule has 4 N–H and O–H groups in total. The van der Waals surface area contributed by atoms with E-state index in [0.29, 0.717) is 15.5 Å². The lowest BCUT2D eigenvalue weighted by molar-refractivity contribution is 0.0904. The van der Waals surface area contributed by atoms with Gasteiger partial charge in [-0.3, -0.25) is 19.3 Å². The number of sulfonamides is 1. The number of nitrogens with two attached hydrogens (primary N) is 1. The Kier molecular flexibility index (Phi) is 4.87. The normalized spacial score (nSPS) is 11.4. The van der Waals surface area contributed by atoms with Gasteiger partial charge < -0.3 is 9.73 Å². The van der Waals surface area contributed by atoms with Crippen molar-refractivity contribution in [1.82, 2.24) is 10.7 Å². The topological polar surface area (TPSA) is 135 Å². The molecule has 0 saturated heterocycles. The second kappa shape index (κ2) is 6.42. The number of hydrazine groups is 1. The molecule has 0 aliphatic carbocycles. The van der Waals surface area contributed by atoms with Gasteiger partial charge in [-0.1, -0.05) is 0 Å². The van der Waals surface area contributed by atoms with E-state index in [2.05, 4.69) is 21.2 Å². The van der Waals surface area contributed by atoms with E-state index in [1.54, 1.807) is 0 Å². The van der Waals surface area contributed by atoms with E-state index in [-0.39, 0.29) is 16.9 Å². The molecule has 0 fully saturated rings. The fraction of sp³-hybridized carbons (Fsp3) is 0.231. The van der Waals surface area contributed by atoms with Gasteiger partial charge in [-0.25, -0.2) is 14.3 Å². The fourth-order valence-electron chi connectivity index (χ4n) is 2.10. The smallest absolute Gasteiger partial charge is 0.301 e. The lowest BCUT2D eigenvalue weighted by atomic mass is 10.1. The maximum atomic E-state index is 12.1. The number of hydrogen-bond donors (Lipinski definition) is 3. The number of rotatable bonds is 4. The number of nitrogens with zero attached hydrogens (tertiary/aromatic N) is 1. The summed E-state index contributed by atoms with van der Waals surface area (Å²) in [6, 6.07) is 2.92. The number of carbonyl (C=O) groups excluding carboxylic acids is 2. The first-order valence-electron chi connectivity index (χ1n) is 6.54. The Hall–Kier alpha value is -2.11. The van der Waals surface area contributed by atoms with Crippen LogP contribution in [0.3, 0.4) is 0 Å². The van der Waals surface area contributed by atoms with E-state index in [0.717, 1.165) is 10.6 Å². The largest absolute Gasteiger partial charge is 0.450 e. The number of furan rings is 1. The van der Waals surface area contributed by atoms with Crippen molar-refractivity contribution in [3.05, 3.63) is 27.9 Å². The second-order valence-corrected chi connectivity index (χ2v) is 7.76. The molecule has 0 spiro atoms. The zero-order chi connectivity index (χ0) is 18.2. The van der Waals surface area contributed by atoms with Crippen LogP contribution in [0.5, 0.6) is 0 Å². The number of anilines is 1. The maximum Gasteiger partial charge on any atom is 0.301 e. The lowest BCUT2D eigenvalue weighted by Gasteiger charge is -2.18. The number of hydrogen-bond acceptors (Lipinski definition) is 6. The Morgan fingerprint density at radius 3 is 2.42 bits per heavy atom. The summed E-state index contributed by atoms with van der Waals surface area (Å²) in [4.78, 5) is 24.0. The van der Waals surface area contributed by atoms with Crippen molar-refractivity contribution >= 4 is 54.4 Å². The summed E-state index contributed by atoms with van der Waals surface area (Å²) in [5.74, 6) is 3.53. The van der Waals surface area contributed by atoms with Gasteiger partial charge in [0.25, 0.3) is 5.91 Å². The van der Waals surface area contributed by atoms with Crippen LogP contribution in [-0.2, 0) is 10.0 Å². The number of carbonyl (C=O) groups is 2. The SMILES string of the molecule is CNC(=O)c1c(C(=O)NN)oc2cc(N(C)S(C)(=O)=O)c(Br)cc12. The van der Waals surface area contributed by atoms with Crippen LogP contribution in [0.2, 0.25) is 0 Å². The Labute approximate surface area is 146 Å². The fourth-order valence-corrected chi connectivity index (χ4v) is 3.34. The monoisotopic (exact) mass is 418 g/mol. The van der Waals surface area contributed by atoms with Crippen LogP contribution in [0.4, 0.5) is 5.69 Å². The third-order valence-electron chi connectivity index (χ3n) is 3.39. The van der Waals surface area contributed by atoms with Gasteiger partial charge >= 0.3 is 5.91 Å². The van der Waals surface area contributed by atoms with Crippen molar-refractivity contribution in [3.8, 4) is 0 Å². The van der Waals surface area contributed by atoms with Gasteiger partial charge in [0.05, 0.1) is 17.5 Å². The van der Waals surface area contributed by atoms with Crippen molar-refractivity contribution in [2.24, 2.45) is 5.84 Å². The number of nitrogen functional groups attached to an aromatic ring is 1. The van der Waals surface area contributed by atoms with Crippen molar-refractivity contribution in [3.63, 3.8) is 0 Å². The Balaban J connectivity index is 2.80. The van der Waals surface area contributed by atoms with E-state index >= 15 is 0 Å². The van der Waals surface area contributed by atoms with Crippen LogP contribution < -0.4 is 20.9 Å². The average molecular weight is 419 g/mol. The first kappa shape index (κ1) is 18.2. The highest BCUT2D eigenvalue weighted by Crippen LogP contribution is 2.36. The highest BCUT2D eigenvalue weighted by molar-refractivity contribution is 9.10. The molecule has 1 aromatic heterocycles. The van der Waals surface area contributed by atoms with Crippen LogP contribution >= 0.6 is 15.9 Å². The van der Waals surface area contributed by atoms with E-state index in [1.807, 2.05) is 5.43 Å². The quantitative estimate of drug-likeness (QED) is 0.377. The standard InChI is InChI=1S/C13H15BrN4O5S/c1-16-12(19)10-6-4-7(14)8(18(2)24(3,21)22)5-9(6)23-11(10)13(20)17-15/h4-5H,15H2,1-3H3,(H,16,19)(H,17,20). The minimum absolute atomic E-state index is 0.00436. The molecule has 0 aliphatic rings. The van der Waals surface area contributed by atoms with Crippen molar-refractivity contribution in [1.29, 1.82) is 0 Å². The van der Waals surface area contributed by atoms with Crippen LogP contribution in [0.15, 0.2) is 21.0 Å². The molecule has 0 radical (unpaired) electrons.